The number of fused-ring (bicyclic) bond motifs is 1. The highest BCUT2D eigenvalue weighted by atomic mass is 16.5. The van der Waals surface area contributed by atoms with Gasteiger partial charge in [-0.1, -0.05) is 12.1 Å². The van der Waals surface area contributed by atoms with E-state index in [1.54, 1.807) is 55.6 Å². The van der Waals surface area contributed by atoms with E-state index in [2.05, 4.69) is 21.8 Å². The lowest BCUT2D eigenvalue weighted by Gasteiger charge is -2.16. The van der Waals surface area contributed by atoms with Gasteiger partial charge in [0.1, 0.15) is 11.5 Å². The fraction of sp³-hybridized carbons (Fsp3) is 0.281. The largest absolute Gasteiger partial charge is 0.497 e. The van der Waals surface area contributed by atoms with E-state index in [4.69, 9.17) is 14.2 Å². The van der Waals surface area contributed by atoms with Crippen LogP contribution < -0.4 is 25.7 Å². The van der Waals surface area contributed by atoms with Gasteiger partial charge in [-0.15, -0.1) is 0 Å². The molecule has 1 atom stereocenters. The topological polar surface area (TPSA) is 104 Å². The summed E-state index contributed by atoms with van der Waals surface area (Å²) in [5.74, 6) is 1.39. The average molecular weight is 553 g/mol. The molecule has 41 heavy (non-hydrogen) atoms. The number of carbonyl (C=O) groups excluding carboxylic acids is 1. The number of ether oxygens (including phenoxy) is 3. The van der Waals surface area contributed by atoms with Crippen molar-refractivity contribution < 1.29 is 19.0 Å². The molecule has 1 aromatic heterocycles. The van der Waals surface area contributed by atoms with Crippen molar-refractivity contribution in [3.05, 3.63) is 100.0 Å². The molecule has 1 fully saturated rings. The second kappa shape index (κ2) is 11.9. The van der Waals surface area contributed by atoms with Crippen molar-refractivity contribution in [2.75, 3.05) is 25.6 Å². The van der Waals surface area contributed by atoms with Crippen LogP contribution in [0.5, 0.6) is 17.2 Å². The van der Waals surface area contributed by atoms with E-state index in [0.717, 1.165) is 38.7 Å². The van der Waals surface area contributed by atoms with Crippen molar-refractivity contribution >= 4 is 17.3 Å². The summed E-state index contributed by atoms with van der Waals surface area (Å²) in [6.07, 6.45) is 6.73. The van der Waals surface area contributed by atoms with Gasteiger partial charge in [-0.25, -0.2) is 0 Å². The summed E-state index contributed by atoms with van der Waals surface area (Å²) < 4.78 is 18.4. The van der Waals surface area contributed by atoms with E-state index < -0.39 is 5.56 Å². The van der Waals surface area contributed by atoms with Crippen LogP contribution in [0.4, 0.5) is 11.4 Å². The van der Waals surface area contributed by atoms with Crippen LogP contribution >= 0.6 is 0 Å². The fourth-order valence-corrected chi connectivity index (χ4v) is 5.27. The number of aromatic nitrogens is 2. The molecule has 0 spiro atoms. The van der Waals surface area contributed by atoms with Crippen LogP contribution in [0.25, 0.3) is 5.69 Å². The minimum absolute atomic E-state index is 0.0485. The normalized spacial score (nSPS) is 15.8. The first-order valence-corrected chi connectivity index (χ1v) is 13.9. The van der Waals surface area contributed by atoms with Crippen molar-refractivity contribution in [1.82, 2.24) is 15.1 Å². The second-order valence-electron chi connectivity index (χ2n) is 10.2. The van der Waals surface area contributed by atoms with Gasteiger partial charge in [0.15, 0.2) is 11.4 Å². The van der Waals surface area contributed by atoms with Crippen molar-refractivity contribution in [1.29, 1.82) is 0 Å². The Balaban J connectivity index is 1.31. The molecule has 1 amide bonds. The second-order valence-corrected chi connectivity index (χ2v) is 10.2. The van der Waals surface area contributed by atoms with E-state index >= 15 is 0 Å². The molecule has 2 heterocycles. The number of hydrogen-bond acceptors (Lipinski definition) is 7. The van der Waals surface area contributed by atoms with Gasteiger partial charge in [-0.3, -0.25) is 9.59 Å². The first kappa shape index (κ1) is 26.6. The lowest BCUT2D eigenvalue weighted by Crippen LogP contribution is -2.31. The molecule has 1 saturated heterocycles. The quantitative estimate of drug-likeness (QED) is 0.295. The molecule has 2 aliphatic rings. The van der Waals surface area contributed by atoms with E-state index in [9.17, 15) is 9.59 Å². The van der Waals surface area contributed by atoms with Crippen molar-refractivity contribution in [3.8, 4) is 22.9 Å². The molecule has 0 radical (unpaired) electrons. The predicted octanol–water partition coefficient (Wildman–Crippen LogP) is 5.17. The molecule has 0 saturated carbocycles. The van der Waals surface area contributed by atoms with Crippen LogP contribution in [0.15, 0.2) is 77.7 Å². The number of aryl methyl sites for hydroxylation is 2. The van der Waals surface area contributed by atoms with Gasteiger partial charge >= 0.3 is 0 Å². The number of carbonyl (C=O) groups is 1. The third-order valence-electron chi connectivity index (χ3n) is 7.47. The summed E-state index contributed by atoms with van der Waals surface area (Å²) in [5, 5.41) is 10.6. The molecule has 1 aliphatic carbocycles. The lowest BCUT2D eigenvalue weighted by atomic mass is 10.1. The highest BCUT2D eigenvalue weighted by molar-refractivity contribution is 5.95. The van der Waals surface area contributed by atoms with Crippen LogP contribution in [0, 0.1) is 0 Å². The number of methoxy groups -OCH3 is 1. The molecular weight excluding hydrogens is 520 g/mol. The maximum Gasteiger partial charge on any atom is 0.299 e. The average Bonchev–Trinajstić information content (AvgIpc) is 3.70. The van der Waals surface area contributed by atoms with Crippen LogP contribution in [-0.4, -0.2) is 42.1 Å². The fourth-order valence-electron chi connectivity index (χ4n) is 5.27. The first-order chi connectivity index (χ1) is 20.1. The van der Waals surface area contributed by atoms with E-state index in [1.165, 1.54) is 22.0 Å². The van der Waals surface area contributed by atoms with Gasteiger partial charge in [0.05, 0.1) is 25.1 Å². The summed E-state index contributed by atoms with van der Waals surface area (Å²) in [4.78, 5) is 26.7. The number of amides is 1. The van der Waals surface area contributed by atoms with Gasteiger partial charge in [0.25, 0.3) is 11.5 Å². The Kier molecular flexibility index (Phi) is 7.69. The van der Waals surface area contributed by atoms with Gasteiger partial charge in [0.2, 0.25) is 0 Å². The zero-order valence-electron chi connectivity index (χ0n) is 22.9. The molecule has 2 N–H and O–H groups in total. The Morgan fingerprint density at radius 2 is 1.85 bits per heavy atom. The van der Waals surface area contributed by atoms with Crippen molar-refractivity contribution in [3.63, 3.8) is 0 Å². The summed E-state index contributed by atoms with van der Waals surface area (Å²) >= 11 is 0. The first-order valence-electron chi connectivity index (χ1n) is 13.9. The molecule has 6 rings (SSSR count). The third kappa shape index (κ3) is 5.95. The number of rotatable bonds is 9. The molecule has 0 bridgehead atoms. The molecule has 9 heteroatoms. The van der Waals surface area contributed by atoms with Crippen molar-refractivity contribution in [2.24, 2.45) is 0 Å². The minimum Gasteiger partial charge on any atom is -0.497 e. The van der Waals surface area contributed by atoms with Gasteiger partial charge in [-0.05, 0) is 97.8 Å². The molecule has 9 nitrogen and oxygen atoms in total. The SMILES string of the molecule is COc1ccc(-n2ncc(Oc3ccc4c(c3)CCC4)c(Nc3cccc(C(=O)NCC4CCCO4)c3)c2=O)cc1. The van der Waals surface area contributed by atoms with Crippen molar-refractivity contribution in [2.45, 2.75) is 38.2 Å². The molecule has 4 aromatic rings. The Labute approximate surface area is 238 Å². The van der Waals surface area contributed by atoms with E-state index in [1.807, 2.05) is 12.1 Å². The zero-order chi connectivity index (χ0) is 28.2. The van der Waals surface area contributed by atoms with Gasteiger partial charge in [0, 0.05) is 24.4 Å². The number of nitrogens with one attached hydrogen (secondary N) is 2. The summed E-state index contributed by atoms with van der Waals surface area (Å²) in [6.45, 7) is 1.20. The Bertz CT molecular complexity index is 1610. The molecular formula is C32H32N4O5. The van der Waals surface area contributed by atoms with E-state index in [0.29, 0.717) is 35.0 Å². The third-order valence-corrected chi connectivity index (χ3v) is 7.47. The predicted molar refractivity (Wildman–Crippen MR) is 156 cm³/mol. The highest BCUT2D eigenvalue weighted by Crippen LogP contribution is 2.32. The maximum absolute atomic E-state index is 13.8. The molecule has 1 aliphatic heterocycles. The van der Waals surface area contributed by atoms with Crippen LogP contribution in [0.1, 0.15) is 40.7 Å². The Morgan fingerprint density at radius 3 is 2.66 bits per heavy atom. The monoisotopic (exact) mass is 552 g/mol. The molecule has 3 aromatic carbocycles. The smallest absolute Gasteiger partial charge is 0.299 e. The number of nitrogens with zero attached hydrogens (tertiary/aromatic N) is 2. The summed E-state index contributed by atoms with van der Waals surface area (Å²) in [5.41, 5.74) is 4.01. The van der Waals surface area contributed by atoms with Crippen LogP contribution in [0.2, 0.25) is 0 Å². The Hall–Kier alpha value is -4.63. The lowest BCUT2D eigenvalue weighted by molar-refractivity contribution is 0.0858. The molecule has 210 valence electrons. The summed E-state index contributed by atoms with van der Waals surface area (Å²) in [6, 6.07) is 20.1. The zero-order valence-corrected chi connectivity index (χ0v) is 22.9. The highest BCUT2D eigenvalue weighted by Gasteiger charge is 2.19. The Morgan fingerprint density at radius 1 is 1.02 bits per heavy atom. The standard InChI is InChI=1S/C32H32N4O5/c1-39-26-14-11-25(12-15-26)36-32(38)30(29(20-34-36)41-27-13-10-21-5-2-6-22(21)18-27)35-24-8-3-7-23(17-24)31(37)33-19-28-9-4-16-40-28/h3,7-8,10-15,17-18,20,28,35H,2,4-6,9,16,19H2,1H3,(H,33,37). The number of anilines is 2. The van der Waals surface area contributed by atoms with Crippen LogP contribution in [-0.2, 0) is 17.6 Å². The maximum atomic E-state index is 13.8. The number of benzene rings is 3. The number of hydrogen-bond donors (Lipinski definition) is 2. The minimum atomic E-state index is -0.401. The molecule has 1 unspecified atom stereocenters. The van der Waals surface area contributed by atoms with Crippen LogP contribution in [0.3, 0.4) is 0 Å². The van der Waals surface area contributed by atoms with Gasteiger partial charge in [-0.2, -0.15) is 9.78 Å². The van der Waals surface area contributed by atoms with Gasteiger partial charge < -0.3 is 24.8 Å². The van der Waals surface area contributed by atoms with E-state index in [-0.39, 0.29) is 23.4 Å². The summed E-state index contributed by atoms with van der Waals surface area (Å²) in [7, 11) is 1.59.